The number of ether oxygens (including phenoxy) is 1. The monoisotopic (exact) mass is 308 g/mol. The van der Waals surface area contributed by atoms with Gasteiger partial charge in [0.15, 0.2) is 11.6 Å². The number of nitrogens with two attached hydrogens (primary N) is 1. The van der Waals surface area contributed by atoms with Crippen LogP contribution < -0.4 is 15.8 Å². The zero-order chi connectivity index (χ0) is 15.1. The minimum Gasteiger partial charge on any atom is -0.432 e. The van der Waals surface area contributed by atoms with E-state index in [0.717, 1.165) is 24.0 Å². The maximum absolute atomic E-state index is 13.4. The first-order chi connectivity index (χ1) is 9.43. The van der Waals surface area contributed by atoms with Gasteiger partial charge in [-0.3, -0.25) is 0 Å². The van der Waals surface area contributed by atoms with Crippen LogP contribution in [0.3, 0.4) is 0 Å². The van der Waals surface area contributed by atoms with E-state index in [1.165, 1.54) is 6.07 Å². The van der Waals surface area contributed by atoms with Crippen LogP contribution in [-0.4, -0.2) is 24.2 Å². The van der Waals surface area contributed by atoms with Crippen molar-refractivity contribution in [3.63, 3.8) is 0 Å². The molecule has 0 heterocycles. The summed E-state index contributed by atoms with van der Waals surface area (Å²) in [6.07, 6.45) is 0.889. The Labute approximate surface area is 121 Å². The third kappa shape index (κ3) is 5.40. The minimum absolute atomic E-state index is 0.0983. The molecule has 0 spiro atoms. The van der Waals surface area contributed by atoms with Gasteiger partial charge < -0.3 is 15.8 Å². The van der Waals surface area contributed by atoms with Gasteiger partial charge in [0.1, 0.15) is 0 Å². The predicted molar refractivity (Wildman–Crippen MR) is 78.1 cm³/mol. The summed E-state index contributed by atoms with van der Waals surface area (Å²) in [5.41, 5.74) is 6.24. The Morgan fingerprint density at radius 3 is 2.70 bits per heavy atom. The zero-order valence-electron chi connectivity index (χ0n) is 11.5. The van der Waals surface area contributed by atoms with Crippen LogP contribution in [0.1, 0.15) is 20.3 Å². The van der Waals surface area contributed by atoms with E-state index in [1.807, 2.05) is 18.7 Å². The highest BCUT2D eigenvalue weighted by Gasteiger charge is 2.14. The molecule has 20 heavy (non-hydrogen) atoms. The van der Waals surface area contributed by atoms with E-state index in [0.29, 0.717) is 5.69 Å². The number of nitrogens with one attached hydrogen (secondary N) is 1. The Kier molecular flexibility index (Phi) is 6.84. The Bertz CT molecular complexity index is 432. The number of alkyl halides is 2. The van der Waals surface area contributed by atoms with Gasteiger partial charge in [-0.2, -0.15) is 20.5 Å². The topological polar surface area (TPSA) is 47.3 Å². The summed E-state index contributed by atoms with van der Waals surface area (Å²) < 4.78 is 41.8. The second kappa shape index (κ2) is 8.14. The molecule has 0 aliphatic rings. The van der Waals surface area contributed by atoms with E-state index in [4.69, 9.17) is 5.73 Å². The first-order valence-corrected chi connectivity index (χ1v) is 7.47. The SMILES string of the molecule is CCSCCC(C)Nc1cc(OC(F)F)c(F)cc1N. The largest absolute Gasteiger partial charge is 0.432 e. The maximum Gasteiger partial charge on any atom is 0.387 e. The highest BCUT2D eigenvalue weighted by Crippen LogP contribution is 2.30. The van der Waals surface area contributed by atoms with Crippen LogP contribution in [0.15, 0.2) is 12.1 Å². The van der Waals surface area contributed by atoms with Gasteiger partial charge in [-0.15, -0.1) is 0 Å². The van der Waals surface area contributed by atoms with E-state index < -0.39 is 18.2 Å². The molecule has 0 radical (unpaired) electrons. The third-order valence-electron chi connectivity index (χ3n) is 2.62. The van der Waals surface area contributed by atoms with Crippen LogP contribution in [-0.2, 0) is 0 Å². The second-order valence-corrected chi connectivity index (χ2v) is 5.67. The molecule has 3 nitrogen and oxygen atoms in total. The quantitative estimate of drug-likeness (QED) is 0.564. The molecule has 1 rings (SSSR count). The summed E-state index contributed by atoms with van der Waals surface area (Å²) >= 11 is 1.81. The van der Waals surface area contributed by atoms with Gasteiger partial charge in [0.05, 0.1) is 11.4 Å². The van der Waals surface area contributed by atoms with Crippen molar-refractivity contribution < 1.29 is 17.9 Å². The van der Waals surface area contributed by atoms with Crippen molar-refractivity contribution in [1.82, 2.24) is 0 Å². The van der Waals surface area contributed by atoms with E-state index in [1.54, 1.807) is 0 Å². The molecular formula is C13H19F3N2OS. The lowest BCUT2D eigenvalue weighted by molar-refractivity contribution is -0.0521. The zero-order valence-corrected chi connectivity index (χ0v) is 12.3. The van der Waals surface area contributed by atoms with Crippen LogP contribution in [0.5, 0.6) is 5.75 Å². The molecule has 0 saturated heterocycles. The average molecular weight is 308 g/mol. The fourth-order valence-electron chi connectivity index (χ4n) is 1.62. The van der Waals surface area contributed by atoms with Gasteiger partial charge in [0, 0.05) is 18.2 Å². The summed E-state index contributed by atoms with van der Waals surface area (Å²) in [5, 5.41) is 3.08. The van der Waals surface area contributed by atoms with Crippen LogP contribution in [0.25, 0.3) is 0 Å². The third-order valence-corrected chi connectivity index (χ3v) is 3.55. The van der Waals surface area contributed by atoms with Crippen LogP contribution in [0.4, 0.5) is 24.5 Å². The molecule has 0 aliphatic heterocycles. The molecule has 114 valence electrons. The van der Waals surface area contributed by atoms with Gasteiger partial charge >= 0.3 is 6.61 Å². The Morgan fingerprint density at radius 2 is 2.10 bits per heavy atom. The smallest absolute Gasteiger partial charge is 0.387 e. The first-order valence-electron chi connectivity index (χ1n) is 6.32. The van der Waals surface area contributed by atoms with E-state index in [2.05, 4.69) is 17.0 Å². The van der Waals surface area contributed by atoms with Crippen molar-refractivity contribution in [3.8, 4) is 5.75 Å². The second-order valence-electron chi connectivity index (χ2n) is 4.28. The molecule has 0 saturated carbocycles. The van der Waals surface area contributed by atoms with Gasteiger partial charge in [-0.25, -0.2) is 4.39 Å². The summed E-state index contributed by atoms with van der Waals surface area (Å²) in [5.74, 6) is 0.610. The highest BCUT2D eigenvalue weighted by atomic mass is 32.2. The molecule has 1 atom stereocenters. The van der Waals surface area contributed by atoms with Crippen molar-refractivity contribution in [3.05, 3.63) is 17.9 Å². The molecule has 1 aromatic carbocycles. The average Bonchev–Trinajstić information content (AvgIpc) is 2.35. The van der Waals surface area contributed by atoms with Crippen LogP contribution >= 0.6 is 11.8 Å². The summed E-state index contributed by atoms with van der Waals surface area (Å²) in [4.78, 5) is 0. The molecule has 1 aromatic rings. The van der Waals surface area contributed by atoms with Crippen molar-refractivity contribution in [2.24, 2.45) is 0 Å². The number of rotatable bonds is 8. The van der Waals surface area contributed by atoms with Crippen molar-refractivity contribution in [2.75, 3.05) is 22.6 Å². The van der Waals surface area contributed by atoms with E-state index >= 15 is 0 Å². The van der Waals surface area contributed by atoms with Crippen LogP contribution in [0.2, 0.25) is 0 Å². The molecule has 0 aliphatic carbocycles. The van der Waals surface area contributed by atoms with Crippen LogP contribution in [0, 0.1) is 5.82 Å². The number of hydrogen-bond acceptors (Lipinski definition) is 4. The van der Waals surface area contributed by atoms with Crippen molar-refractivity contribution >= 4 is 23.1 Å². The number of thioether (sulfide) groups is 1. The van der Waals surface area contributed by atoms with Gasteiger partial charge in [0.2, 0.25) is 0 Å². The number of halogens is 3. The molecule has 0 bridgehead atoms. The molecule has 0 amide bonds. The predicted octanol–water partition coefficient (Wildman–Crippen LogP) is 3.95. The molecule has 0 fully saturated rings. The Hall–Kier alpha value is -1.24. The van der Waals surface area contributed by atoms with E-state index in [9.17, 15) is 13.2 Å². The first kappa shape index (κ1) is 16.8. The highest BCUT2D eigenvalue weighted by molar-refractivity contribution is 7.99. The Morgan fingerprint density at radius 1 is 1.40 bits per heavy atom. The number of nitrogen functional groups attached to an aromatic ring is 1. The number of hydrogen-bond donors (Lipinski definition) is 2. The van der Waals surface area contributed by atoms with Gasteiger partial charge in [0.25, 0.3) is 0 Å². The molecule has 7 heteroatoms. The number of anilines is 2. The van der Waals surface area contributed by atoms with Gasteiger partial charge in [-0.05, 0) is 24.9 Å². The molecule has 0 aromatic heterocycles. The Balaban J connectivity index is 2.73. The molecule has 1 unspecified atom stereocenters. The fourth-order valence-corrected chi connectivity index (χ4v) is 2.43. The summed E-state index contributed by atoms with van der Waals surface area (Å²) in [6, 6.07) is 2.25. The van der Waals surface area contributed by atoms with Crippen molar-refractivity contribution in [1.29, 1.82) is 0 Å². The minimum atomic E-state index is -3.07. The van der Waals surface area contributed by atoms with Gasteiger partial charge in [-0.1, -0.05) is 6.92 Å². The van der Waals surface area contributed by atoms with Crippen molar-refractivity contribution in [2.45, 2.75) is 32.9 Å². The summed E-state index contributed by atoms with van der Waals surface area (Å²) in [6.45, 7) is 0.959. The maximum atomic E-state index is 13.4. The normalized spacial score (nSPS) is 12.5. The molecule has 3 N–H and O–H groups in total. The lowest BCUT2D eigenvalue weighted by atomic mass is 10.2. The standard InChI is InChI=1S/C13H19F3N2OS/c1-3-20-5-4-8(2)18-11-7-12(19-13(15)16)9(14)6-10(11)17/h6-8,13,18H,3-5,17H2,1-2H3. The summed E-state index contributed by atoms with van der Waals surface area (Å²) in [7, 11) is 0. The molecular weight excluding hydrogens is 289 g/mol. The lowest BCUT2D eigenvalue weighted by Crippen LogP contribution is -2.17. The lowest BCUT2D eigenvalue weighted by Gasteiger charge is -2.18. The fraction of sp³-hybridized carbons (Fsp3) is 0.538. The number of benzene rings is 1. The van der Waals surface area contributed by atoms with E-state index in [-0.39, 0.29) is 11.7 Å².